The van der Waals surface area contributed by atoms with Gasteiger partial charge in [-0.05, 0) is 38.5 Å². The van der Waals surface area contributed by atoms with Crippen molar-refractivity contribution in [3.63, 3.8) is 0 Å². The van der Waals surface area contributed by atoms with E-state index in [4.69, 9.17) is 4.74 Å². The van der Waals surface area contributed by atoms with E-state index in [9.17, 15) is 24.5 Å². The van der Waals surface area contributed by atoms with Crippen molar-refractivity contribution in [3.8, 4) is 0 Å². The molecule has 29 heavy (non-hydrogen) atoms. The van der Waals surface area contributed by atoms with E-state index >= 15 is 0 Å². The number of thiophene rings is 1. The van der Waals surface area contributed by atoms with Gasteiger partial charge in [-0.2, -0.15) is 0 Å². The molecule has 0 aliphatic carbocycles. The molecule has 9 nitrogen and oxygen atoms in total. The van der Waals surface area contributed by atoms with Crippen LogP contribution in [0, 0.1) is 24.0 Å². The van der Waals surface area contributed by atoms with Gasteiger partial charge in [0, 0.05) is 31.3 Å². The van der Waals surface area contributed by atoms with Crippen molar-refractivity contribution >= 4 is 39.8 Å². The van der Waals surface area contributed by atoms with Crippen molar-refractivity contribution in [1.82, 2.24) is 4.90 Å². The number of nitrogens with zero attached hydrogens (tertiary/aromatic N) is 2. The molecule has 10 heteroatoms. The summed E-state index contributed by atoms with van der Waals surface area (Å²) in [4.78, 5) is 49.6. The summed E-state index contributed by atoms with van der Waals surface area (Å²) in [6.07, 6.45) is 0. The van der Waals surface area contributed by atoms with Crippen LogP contribution < -0.4 is 5.32 Å². The average molecular weight is 419 g/mol. The maximum Gasteiger partial charge on any atom is 0.341 e. The highest BCUT2D eigenvalue weighted by atomic mass is 32.1. The lowest BCUT2D eigenvalue weighted by Gasteiger charge is -2.09. The minimum atomic E-state index is -0.644. The Hall–Kier alpha value is -3.27. The first kappa shape index (κ1) is 22.0. The Morgan fingerprint density at radius 2 is 1.90 bits per heavy atom. The molecule has 0 fully saturated rings. The number of carbonyl (C=O) groups is 3. The van der Waals surface area contributed by atoms with Crippen LogP contribution in [0.2, 0.25) is 0 Å². The van der Waals surface area contributed by atoms with E-state index < -0.39 is 16.8 Å². The summed E-state index contributed by atoms with van der Waals surface area (Å²) in [6.45, 7) is 4.94. The lowest BCUT2D eigenvalue weighted by molar-refractivity contribution is -0.385. The fourth-order valence-electron chi connectivity index (χ4n) is 2.63. The van der Waals surface area contributed by atoms with E-state index in [1.54, 1.807) is 27.9 Å². The largest absolute Gasteiger partial charge is 0.462 e. The van der Waals surface area contributed by atoms with Gasteiger partial charge in [0.2, 0.25) is 0 Å². The SMILES string of the molecule is CCOC(=O)c1c(NC(=O)c2ccc([N+](=O)[O-])c(C)c2)sc(C(=O)N(C)C)c1C. The first-order chi connectivity index (χ1) is 13.6. The zero-order valence-electron chi connectivity index (χ0n) is 16.7. The molecule has 0 aliphatic heterocycles. The van der Waals surface area contributed by atoms with E-state index in [1.165, 1.54) is 30.0 Å². The number of esters is 1. The van der Waals surface area contributed by atoms with Gasteiger partial charge >= 0.3 is 5.97 Å². The molecular formula is C19H21N3O6S. The molecule has 154 valence electrons. The second-order valence-electron chi connectivity index (χ2n) is 6.39. The quantitative estimate of drug-likeness (QED) is 0.435. The van der Waals surface area contributed by atoms with Crippen molar-refractivity contribution in [2.45, 2.75) is 20.8 Å². The molecule has 1 heterocycles. The van der Waals surface area contributed by atoms with Gasteiger partial charge in [-0.15, -0.1) is 11.3 Å². The molecule has 0 unspecified atom stereocenters. The number of aryl methyl sites for hydroxylation is 1. The van der Waals surface area contributed by atoms with Gasteiger partial charge in [0.25, 0.3) is 17.5 Å². The summed E-state index contributed by atoms with van der Waals surface area (Å²) in [5.74, 6) is -1.50. The zero-order valence-corrected chi connectivity index (χ0v) is 17.5. The van der Waals surface area contributed by atoms with E-state index in [1.807, 2.05) is 0 Å². The highest BCUT2D eigenvalue weighted by Crippen LogP contribution is 2.35. The van der Waals surface area contributed by atoms with E-state index in [-0.39, 0.29) is 34.3 Å². The van der Waals surface area contributed by atoms with E-state index in [0.717, 1.165) is 11.3 Å². The van der Waals surface area contributed by atoms with Crippen molar-refractivity contribution in [2.24, 2.45) is 0 Å². The Labute approximate surface area is 171 Å². The zero-order chi connectivity index (χ0) is 21.9. The molecule has 1 N–H and O–H groups in total. The highest BCUT2D eigenvalue weighted by Gasteiger charge is 2.27. The second kappa shape index (κ2) is 8.82. The van der Waals surface area contributed by atoms with Gasteiger partial charge in [-0.3, -0.25) is 19.7 Å². The van der Waals surface area contributed by atoms with Crippen molar-refractivity contribution in [2.75, 3.05) is 26.0 Å². The molecule has 0 radical (unpaired) electrons. The predicted octanol–water partition coefficient (Wildman–Crippen LogP) is 3.40. The molecule has 1 aromatic heterocycles. The molecule has 0 saturated carbocycles. The van der Waals surface area contributed by atoms with Crippen LogP contribution in [0.5, 0.6) is 0 Å². The fourth-order valence-corrected chi connectivity index (χ4v) is 3.85. The Balaban J connectivity index is 2.45. The van der Waals surface area contributed by atoms with Gasteiger partial charge in [0.15, 0.2) is 0 Å². The van der Waals surface area contributed by atoms with Gasteiger partial charge in [-0.25, -0.2) is 4.79 Å². The molecule has 2 amide bonds. The number of amides is 2. The number of carbonyl (C=O) groups excluding carboxylic acids is 3. The third kappa shape index (κ3) is 4.60. The summed E-state index contributed by atoms with van der Waals surface area (Å²) in [7, 11) is 3.17. The number of nitrogens with one attached hydrogen (secondary N) is 1. The third-order valence-electron chi connectivity index (χ3n) is 4.11. The van der Waals surface area contributed by atoms with Crippen LogP contribution in [0.1, 0.15) is 48.4 Å². The standard InChI is InChI=1S/C19H21N3O6S/c1-6-28-19(25)14-11(3)15(18(24)21(4)5)29-17(14)20-16(23)12-7-8-13(22(26)27)10(2)9-12/h7-9H,6H2,1-5H3,(H,20,23). The average Bonchev–Trinajstić information content (AvgIpc) is 2.96. The Morgan fingerprint density at radius 1 is 1.24 bits per heavy atom. The minimum absolute atomic E-state index is 0.0976. The molecule has 1 aromatic carbocycles. The van der Waals surface area contributed by atoms with Gasteiger partial charge < -0.3 is 15.0 Å². The summed E-state index contributed by atoms with van der Waals surface area (Å²) in [5, 5.41) is 13.8. The number of benzene rings is 1. The molecule has 2 aromatic rings. The van der Waals surface area contributed by atoms with E-state index in [2.05, 4.69) is 5.32 Å². The van der Waals surface area contributed by atoms with Crippen LogP contribution >= 0.6 is 11.3 Å². The number of anilines is 1. The minimum Gasteiger partial charge on any atom is -0.462 e. The summed E-state index contributed by atoms with van der Waals surface area (Å²) in [5.41, 5.74) is 0.963. The van der Waals surface area contributed by atoms with Crippen LogP contribution in [-0.4, -0.2) is 48.3 Å². The fraction of sp³-hybridized carbons (Fsp3) is 0.316. The molecule has 0 bridgehead atoms. The molecule has 0 saturated heterocycles. The smallest absolute Gasteiger partial charge is 0.341 e. The van der Waals surface area contributed by atoms with Crippen LogP contribution in [0.3, 0.4) is 0 Å². The van der Waals surface area contributed by atoms with Crippen LogP contribution in [-0.2, 0) is 4.74 Å². The molecular weight excluding hydrogens is 398 g/mol. The van der Waals surface area contributed by atoms with Crippen molar-refractivity contribution in [1.29, 1.82) is 0 Å². The number of ether oxygens (including phenoxy) is 1. The summed E-state index contributed by atoms with van der Waals surface area (Å²) < 4.78 is 5.07. The number of nitro groups is 1. The monoisotopic (exact) mass is 419 g/mol. The Morgan fingerprint density at radius 3 is 2.41 bits per heavy atom. The normalized spacial score (nSPS) is 10.4. The number of rotatable bonds is 6. The molecule has 2 rings (SSSR count). The van der Waals surface area contributed by atoms with Crippen molar-refractivity contribution < 1.29 is 24.0 Å². The summed E-state index contributed by atoms with van der Waals surface area (Å²) in [6, 6.07) is 3.97. The van der Waals surface area contributed by atoms with Crippen LogP contribution in [0.4, 0.5) is 10.7 Å². The highest BCUT2D eigenvalue weighted by molar-refractivity contribution is 7.18. The van der Waals surface area contributed by atoms with Gasteiger partial charge in [-0.1, -0.05) is 0 Å². The molecule has 0 atom stereocenters. The van der Waals surface area contributed by atoms with Gasteiger partial charge in [0.05, 0.1) is 22.0 Å². The van der Waals surface area contributed by atoms with Crippen molar-refractivity contribution in [3.05, 3.63) is 55.4 Å². The molecule has 0 aliphatic rings. The topological polar surface area (TPSA) is 119 Å². The number of nitro benzene ring substituents is 1. The third-order valence-corrected chi connectivity index (χ3v) is 5.30. The van der Waals surface area contributed by atoms with E-state index in [0.29, 0.717) is 16.0 Å². The maximum absolute atomic E-state index is 12.7. The first-order valence-electron chi connectivity index (χ1n) is 8.67. The Kier molecular flexibility index (Phi) is 6.70. The lowest BCUT2D eigenvalue weighted by atomic mass is 10.1. The lowest BCUT2D eigenvalue weighted by Crippen LogP contribution is -2.21. The number of hydrogen-bond acceptors (Lipinski definition) is 7. The van der Waals surface area contributed by atoms with Crippen LogP contribution in [0.25, 0.3) is 0 Å². The predicted molar refractivity (Wildman–Crippen MR) is 109 cm³/mol. The first-order valence-corrected chi connectivity index (χ1v) is 9.48. The number of hydrogen-bond donors (Lipinski definition) is 1. The van der Waals surface area contributed by atoms with Crippen LogP contribution in [0.15, 0.2) is 18.2 Å². The van der Waals surface area contributed by atoms with Gasteiger partial charge in [0.1, 0.15) is 5.00 Å². The summed E-state index contributed by atoms with van der Waals surface area (Å²) >= 11 is 0.980. The maximum atomic E-state index is 12.7. The molecule has 0 spiro atoms. The Bertz CT molecular complexity index is 996. The second-order valence-corrected chi connectivity index (χ2v) is 7.41.